The highest BCUT2D eigenvalue weighted by atomic mass is 79.9. The van der Waals surface area contributed by atoms with Crippen LogP contribution in [0.3, 0.4) is 0 Å². The van der Waals surface area contributed by atoms with E-state index in [4.69, 9.17) is 0 Å². The summed E-state index contributed by atoms with van der Waals surface area (Å²) in [5.74, 6) is -0.117. The Kier molecular flexibility index (Phi) is 5.38. The Morgan fingerprint density at radius 2 is 1.85 bits per heavy atom. The van der Waals surface area contributed by atoms with E-state index in [9.17, 15) is 4.79 Å². The molecule has 0 spiro atoms. The fourth-order valence-electron chi connectivity index (χ4n) is 2.07. The van der Waals surface area contributed by atoms with Gasteiger partial charge in [0, 0.05) is 8.95 Å². The molecule has 2 rings (SSSR count). The predicted octanol–water partition coefficient (Wildman–Crippen LogP) is 5.34. The van der Waals surface area contributed by atoms with Crippen molar-refractivity contribution in [2.75, 3.05) is 5.32 Å². The summed E-state index contributed by atoms with van der Waals surface area (Å²) >= 11 is 6.86. The molecule has 104 valence electrons. The fraction of sp³-hybridized carbons (Fsp3) is 0.188. The van der Waals surface area contributed by atoms with E-state index in [1.54, 1.807) is 0 Å². The van der Waals surface area contributed by atoms with Crippen LogP contribution in [0.1, 0.15) is 24.8 Å². The van der Waals surface area contributed by atoms with Gasteiger partial charge >= 0.3 is 0 Å². The molecular weight excluding hydrogens is 382 g/mol. The van der Waals surface area contributed by atoms with Crippen molar-refractivity contribution in [3.05, 3.63) is 63.0 Å². The Labute approximate surface area is 135 Å². The minimum absolute atomic E-state index is 0.0155. The van der Waals surface area contributed by atoms with Crippen molar-refractivity contribution in [2.45, 2.75) is 19.3 Å². The molecule has 0 aliphatic heterocycles. The lowest BCUT2D eigenvalue weighted by Gasteiger charge is -2.16. The maximum atomic E-state index is 12.4. The molecule has 1 unspecified atom stereocenters. The van der Waals surface area contributed by atoms with Crippen LogP contribution in [-0.2, 0) is 4.79 Å². The smallest absolute Gasteiger partial charge is 0.231 e. The number of hydrogen-bond acceptors (Lipinski definition) is 1. The molecule has 1 N–H and O–H groups in total. The van der Waals surface area contributed by atoms with Crippen molar-refractivity contribution in [1.82, 2.24) is 0 Å². The van der Waals surface area contributed by atoms with Gasteiger partial charge in [-0.15, -0.1) is 0 Å². The van der Waals surface area contributed by atoms with Crippen LogP contribution in [-0.4, -0.2) is 5.91 Å². The zero-order chi connectivity index (χ0) is 14.5. The quantitative estimate of drug-likeness (QED) is 0.741. The highest BCUT2D eigenvalue weighted by molar-refractivity contribution is 9.11. The number of amides is 1. The molecule has 0 saturated heterocycles. The van der Waals surface area contributed by atoms with E-state index in [2.05, 4.69) is 37.2 Å². The number of nitrogens with one attached hydrogen (secondary N) is 1. The summed E-state index contributed by atoms with van der Waals surface area (Å²) in [5.41, 5.74) is 1.83. The number of rotatable bonds is 4. The summed E-state index contributed by atoms with van der Waals surface area (Å²) in [4.78, 5) is 12.4. The molecule has 2 nitrogen and oxygen atoms in total. The van der Waals surface area contributed by atoms with Crippen molar-refractivity contribution < 1.29 is 4.79 Å². The van der Waals surface area contributed by atoms with Gasteiger partial charge in [-0.1, -0.05) is 53.2 Å². The van der Waals surface area contributed by atoms with Gasteiger partial charge in [0.1, 0.15) is 0 Å². The van der Waals surface area contributed by atoms with Crippen LogP contribution in [0, 0.1) is 0 Å². The molecular formula is C16H15Br2NO. The molecule has 0 bridgehead atoms. The maximum Gasteiger partial charge on any atom is 0.231 e. The SMILES string of the molecule is CCC(C(=O)Nc1ccc(Br)cc1Br)c1ccccc1. The molecule has 0 fully saturated rings. The van der Waals surface area contributed by atoms with Crippen LogP contribution in [0.25, 0.3) is 0 Å². The normalized spacial score (nSPS) is 11.9. The van der Waals surface area contributed by atoms with Gasteiger partial charge in [-0.25, -0.2) is 0 Å². The van der Waals surface area contributed by atoms with Crippen molar-refractivity contribution in [1.29, 1.82) is 0 Å². The Morgan fingerprint density at radius 3 is 2.45 bits per heavy atom. The highest BCUT2D eigenvalue weighted by Crippen LogP contribution is 2.28. The third-order valence-corrected chi connectivity index (χ3v) is 4.27. The van der Waals surface area contributed by atoms with Crippen LogP contribution in [0.4, 0.5) is 5.69 Å². The van der Waals surface area contributed by atoms with Crippen LogP contribution in [0.15, 0.2) is 57.5 Å². The molecule has 1 amide bonds. The first kappa shape index (κ1) is 15.3. The average Bonchev–Trinajstić information content (AvgIpc) is 2.44. The van der Waals surface area contributed by atoms with Gasteiger partial charge in [0.25, 0.3) is 0 Å². The average molecular weight is 397 g/mol. The summed E-state index contributed by atoms with van der Waals surface area (Å²) in [6.07, 6.45) is 0.768. The summed E-state index contributed by atoms with van der Waals surface area (Å²) < 4.78 is 1.83. The van der Waals surface area contributed by atoms with Gasteiger partial charge in [-0.3, -0.25) is 4.79 Å². The van der Waals surface area contributed by atoms with E-state index in [1.807, 2.05) is 55.5 Å². The van der Waals surface area contributed by atoms with Crippen LogP contribution >= 0.6 is 31.9 Å². The van der Waals surface area contributed by atoms with Gasteiger partial charge in [0.2, 0.25) is 5.91 Å². The van der Waals surface area contributed by atoms with Crippen LogP contribution in [0.2, 0.25) is 0 Å². The second-order valence-corrected chi connectivity index (χ2v) is 6.25. The zero-order valence-corrected chi connectivity index (χ0v) is 14.2. The second kappa shape index (κ2) is 7.04. The van der Waals surface area contributed by atoms with Gasteiger partial charge in [0.05, 0.1) is 11.6 Å². The summed E-state index contributed by atoms with van der Waals surface area (Å²) in [6, 6.07) is 15.6. The van der Waals surface area contributed by atoms with Crippen molar-refractivity contribution in [3.63, 3.8) is 0 Å². The largest absolute Gasteiger partial charge is 0.325 e. The van der Waals surface area contributed by atoms with Gasteiger partial charge in [-0.05, 0) is 46.1 Å². The van der Waals surface area contributed by atoms with E-state index >= 15 is 0 Å². The minimum Gasteiger partial charge on any atom is -0.325 e. The monoisotopic (exact) mass is 395 g/mol. The first-order valence-electron chi connectivity index (χ1n) is 6.42. The summed E-state index contributed by atoms with van der Waals surface area (Å²) in [7, 11) is 0. The van der Waals surface area contributed by atoms with E-state index in [1.165, 1.54) is 0 Å². The molecule has 1 atom stereocenters. The molecule has 2 aromatic carbocycles. The number of anilines is 1. The van der Waals surface area contributed by atoms with Crippen LogP contribution < -0.4 is 5.32 Å². The molecule has 0 aliphatic rings. The molecule has 20 heavy (non-hydrogen) atoms. The maximum absolute atomic E-state index is 12.4. The first-order valence-corrected chi connectivity index (χ1v) is 8.01. The van der Waals surface area contributed by atoms with Gasteiger partial charge < -0.3 is 5.32 Å². The lowest BCUT2D eigenvalue weighted by Crippen LogP contribution is -2.20. The molecule has 0 radical (unpaired) electrons. The number of carbonyl (C=O) groups is 1. The topological polar surface area (TPSA) is 29.1 Å². The molecule has 0 saturated carbocycles. The number of carbonyl (C=O) groups excluding carboxylic acids is 1. The van der Waals surface area contributed by atoms with Gasteiger partial charge in [0.15, 0.2) is 0 Å². The van der Waals surface area contributed by atoms with Crippen molar-refractivity contribution in [2.24, 2.45) is 0 Å². The van der Waals surface area contributed by atoms with E-state index in [0.717, 1.165) is 26.6 Å². The lowest BCUT2D eigenvalue weighted by atomic mass is 9.95. The summed E-state index contributed by atoms with van der Waals surface area (Å²) in [6.45, 7) is 2.02. The second-order valence-electron chi connectivity index (χ2n) is 4.48. The Balaban J connectivity index is 2.18. The van der Waals surface area contributed by atoms with Crippen molar-refractivity contribution in [3.8, 4) is 0 Å². The minimum atomic E-state index is -0.133. The standard InChI is InChI=1S/C16H15Br2NO/c1-2-13(11-6-4-3-5-7-11)16(20)19-15-9-8-12(17)10-14(15)18/h3-10,13H,2H2,1H3,(H,19,20). The zero-order valence-electron chi connectivity index (χ0n) is 11.1. The molecule has 0 heterocycles. The van der Waals surface area contributed by atoms with Gasteiger partial charge in [-0.2, -0.15) is 0 Å². The van der Waals surface area contributed by atoms with Crippen LogP contribution in [0.5, 0.6) is 0 Å². The third-order valence-electron chi connectivity index (χ3n) is 3.12. The molecule has 4 heteroatoms. The van der Waals surface area contributed by atoms with Crippen molar-refractivity contribution >= 4 is 43.5 Å². The molecule has 0 aliphatic carbocycles. The number of hydrogen-bond donors (Lipinski definition) is 1. The Hall–Kier alpha value is -1.13. The fourth-order valence-corrected chi connectivity index (χ4v) is 3.21. The number of benzene rings is 2. The number of halogens is 2. The predicted molar refractivity (Wildman–Crippen MR) is 89.9 cm³/mol. The lowest BCUT2D eigenvalue weighted by molar-refractivity contribution is -0.117. The van der Waals surface area contributed by atoms with E-state index in [0.29, 0.717) is 0 Å². The third kappa shape index (κ3) is 3.70. The van der Waals surface area contributed by atoms with E-state index in [-0.39, 0.29) is 11.8 Å². The Morgan fingerprint density at radius 1 is 1.15 bits per heavy atom. The highest BCUT2D eigenvalue weighted by Gasteiger charge is 2.19. The first-order chi connectivity index (χ1) is 9.61. The van der Waals surface area contributed by atoms with E-state index < -0.39 is 0 Å². The molecule has 2 aromatic rings. The summed E-state index contributed by atoms with van der Waals surface area (Å²) in [5, 5.41) is 2.98. The Bertz CT molecular complexity index is 599. The molecule has 0 aromatic heterocycles.